The topological polar surface area (TPSA) is 77.8 Å². The second-order valence-electron chi connectivity index (χ2n) is 6.70. The summed E-state index contributed by atoms with van der Waals surface area (Å²) in [7, 11) is 3.63. The zero-order chi connectivity index (χ0) is 19.8. The Hall–Kier alpha value is -4.00. The van der Waals surface area contributed by atoms with E-state index in [0.29, 0.717) is 11.6 Å². The summed E-state index contributed by atoms with van der Waals surface area (Å²) in [5, 5.41) is 4.31. The third kappa shape index (κ3) is 3.12. The van der Waals surface area contributed by atoms with Crippen LogP contribution in [0, 0.1) is 0 Å². The number of nitrogens with one attached hydrogen (secondary N) is 1. The van der Waals surface area contributed by atoms with Gasteiger partial charge in [0.2, 0.25) is 0 Å². The number of nitrogens with zero attached hydrogens (tertiary/aromatic N) is 5. The first kappa shape index (κ1) is 17.1. The Balaban J connectivity index is 1.66. The third-order valence-electron chi connectivity index (χ3n) is 4.81. The van der Waals surface area contributed by atoms with E-state index in [4.69, 9.17) is 14.7 Å². The molecule has 3 heterocycles. The molecule has 0 aliphatic rings. The molecule has 0 unspecified atom stereocenters. The number of aryl methyl sites for hydroxylation is 1. The van der Waals surface area contributed by atoms with E-state index in [1.54, 1.807) is 25.8 Å². The van der Waals surface area contributed by atoms with Gasteiger partial charge in [0.1, 0.15) is 11.6 Å². The van der Waals surface area contributed by atoms with Crippen LogP contribution in [0.2, 0.25) is 0 Å². The molecule has 29 heavy (non-hydrogen) atoms. The van der Waals surface area contributed by atoms with E-state index in [2.05, 4.69) is 15.3 Å². The molecule has 3 aromatic heterocycles. The molecule has 142 valence electrons. The van der Waals surface area contributed by atoms with Crippen molar-refractivity contribution in [1.82, 2.24) is 24.5 Å². The third-order valence-corrected chi connectivity index (χ3v) is 4.81. The van der Waals surface area contributed by atoms with Crippen molar-refractivity contribution in [2.75, 3.05) is 12.4 Å². The van der Waals surface area contributed by atoms with Crippen LogP contribution in [-0.4, -0.2) is 31.6 Å². The van der Waals surface area contributed by atoms with Crippen molar-refractivity contribution in [1.29, 1.82) is 0 Å². The zero-order valence-corrected chi connectivity index (χ0v) is 16.0. The van der Waals surface area contributed by atoms with Crippen molar-refractivity contribution in [3.05, 3.63) is 67.3 Å². The number of methoxy groups -OCH3 is 1. The van der Waals surface area contributed by atoms with Gasteiger partial charge in [-0.25, -0.2) is 15.0 Å². The van der Waals surface area contributed by atoms with E-state index >= 15 is 0 Å². The van der Waals surface area contributed by atoms with E-state index in [9.17, 15) is 0 Å². The average Bonchev–Trinajstić information content (AvgIpc) is 3.14. The molecule has 0 saturated carbocycles. The highest BCUT2D eigenvalue weighted by atomic mass is 16.5. The van der Waals surface area contributed by atoms with Gasteiger partial charge in [0, 0.05) is 36.1 Å². The van der Waals surface area contributed by atoms with Crippen molar-refractivity contribution >= 4 is 33.4 Å². The number of pyridine rings is 1. The number of ether oxygens (including phenoxy) is 1. The largest absolute Gasteiger partial charge is 0.497 e. The maximum absolute atomic E-state index is 5.40. The van der Waals surface area contributed by atoms with E-state index < -0.39 is 0 Å². The molecule has 0 radical (unpaired) electrons. The number of hydrogen-bond donors (Lipinski definition) is 1. The number of benzene rings is 2. The number of imidazole rings is 1. The molecule has 0 aliphatic carbocycles. The van der Waals surface area contributed by atoms with Gasteiger partial charge in [-0.05, 0) is 48.5 Å². The van der Waals surface area contributed by atoms with Crippen LogP contribution in [0.1, 0.15) is 0 Å². The quantitative estimate of drug-likeness (QED) is 0.498. The van der Waals surface area contributed by atoms with Gasteiger partial charge in [-0.1, -0.05) is 0 Å². The second-order valence-corrected chi connectivity index (χ2v) is 6.70. The minimum Gasteiger partial charge on any atom is -0.497 e. The summed E-state index contributed by atoms with van der Waals surface area (Å²) in [4.78, 5) is 18.1. The Morgan fingerprint density at radius 1 is 1.00 bits per heavy atom. The minimum atomic E-state index is 0.609. The van der Waals surface area contributed by atoms with Gasteiger partial charge in [-0.2, -0.15) is 0 Å². The smallest absolute Gasteiger partial charge is 0.163 e. The van der Waals surface area contributed by atoms with Crippen LogP contribution in [0.3, 0.4) is 0 Å². The van der Waals surface area contributed by atoms with Gasteiger partial charge in [0.25, 0.3) is 0 Å². The summed E-state index contributed by atoms with van der Waals surface area (Å²) in [5.41, 5.74) is 4.56. The first-order chi connectivity index (χ1) is 14.2. The van der Waals surface area contributed by atoms with Crippen LogP contribution in [0.25, 0.3) is 33.3 Å². The molecular formula is C22H18N6O. The SMILES string of the molecule is COc1ccc2nc(-c3cccnc3)nc(Nc3ccc4c(c3)ncn4C)c2c1. The van der Waals surface area contributed by atoms with Crippen LogP contribution in [0.5, 0.6) is 5.75 Å². The lowest BCUT2D eigenvalue weighted by Gasteiger charge is -2.12. The molecular weight excluding hydrogens is 364 g/mol. The van der Waals surface area contributed by atoms with Gasteiger partial charge < -0.3 is 14.6 Å². The molecule has 7 nitrogen and oxygen atoms in total. The Morgan fingerprint density at radius 3 is 2.76 bits per heavy atom. The molecule has 0 fully saturated rings. The molecule has 0 amide bonds. The molecule has 0 atom stereocenters. The monoisotopic (exact) mass is 382 g/mol. The lowest BCUT2D eigenvalue weighted by atomic mass is 10.2. The summed E-state index contributed by atoms with van der Waals surface area (Å²) in [6, 6.07) is 15.6. The van der Waals surface area contributed by atoms with E-state index in [1.165, 1.54) is 0 Å². The molecule has 0 aliphatic heterocycles. The number of aromatic nitrogens is 5. The van der Waals surface area contributed by atoms with Gasteiger partial charge >= 0.3 is 0 Å². The fourth-order valence-corrected chi connectivity index (χ4v) is 3.30. The summed E-state index contributed by atoms with van der Waals surface area (Å²) in [6.07, 6.45) is 5.30. The second kappa shape index (κ2) is 6.87. The van der Waals surface area contributed by atoms with E-state index in [-0.39, 0.29) is 0 Å². The molecule has 2 aromatic carbocycles. The molecule has 0 saturated heterocycles. The lowest BCUT2D eigenvalue weighted by molar-refractivity contribution is 0.415. The van der Waals surface area contributed by atoms with Crippen LogP contribution < -0.4 is 10.1 Å². The number of fused-ring (bicyclic) bond motifs is 2. The summed E-state index contributed by atoms with van der Waals surface area (Å²) >= 11 is 0. The fraction of sp³-hybridized carbons (Fsp3) is 0.0909. The number of rotatable bonds is 4. The highest BCUT2D eigenvalue weighted by Crippen LogP contribution is 2.30. The first-order valence-electron chi connectivity index (χ1n) is 9.15. The maximum Gasteiger partial charge on any atom is 0.163 e. The van der Waals surface area contributed by atoms with Gasteiger partial charge in [0.15, 0.2) is 5.82 Å². The molecule has 7 heteroatoms. The first-order valence-corrected chi connectivity index (χ1v) is 9.15. The summed E-state index contributed by atoms with van der Waals surface area (Å²) in [5.74, 6) is 2.05. The normalized spacial score (nSPS) is 11.1. The van der Waals surface area contributed by atoms with E-state index in [1.807, 2.05) is 60.1 Å². The van der Waals surface area contributed by atoms with Gasteiger partial charge in [0.05, 0.1) is 30.0 Å². The van der Waals surface area contributed by atoms with Crippen molar-refractivity contribution in [3.8, 4) is 17.1 Å². The van der Waals surface area contributed by atoms with Crippen LogP contribution >= 0.6 is 0 Å². The fourth-order valence-electron chi connectivity index (χ4n) is 3.30. The molecule has 0 spiro atoms. The zero-order valence-electron chi connectivity index (χ0n) is 16.0. The predicted octanol–water partition coefficient (Wildman–Crippen LogP) is 4.33. The average molecular weight is 382 g/mol. The molecule has 5 rings (SSSR count). The number of hydrogen-bond acceptors (Lipinski definition) is 6. The molecule has 5 aromatic rings. The highest BCUT2D eigenvalue weighted by molar-refractivity contribution is 5.94. The minimum absolute atomic E-state index is 0.609. The van der Waals surface area contributed by atoms with Crippen molar-refractivity contribution < 1.29 is 4.74 Å². The summed E-state index contributed by atoms with van der Waals surface area (Å²) in [6.45, 7) is 0. The Bertz CT molecular complexity index is 1330. The molecule has 0 bridgehead atoms. The lowest BCUT2D eigenvalue weighted by Crippen LogP contribution is -2.00. The van der Waals surface area contributed by atoms with Crippen molar-refractivity contribution in [2.45, 2.75) is 0 Å². The van der Waals surface area contributed by atoms with Gasteiger partial charge in [-0.3, -0.25) is 4.98 Å². The maximum atomic E-state index is 5.40. The van der Waals surface area contributed by atoms with Crippen molar-refractivity contribution in [3.63, 3.8) is 0 Å². The number of anilines is 2. The molecule has 1 N–H and O–H groups in total. The van der Waals surface area contributed by atoms with E-state index in [0.717, 1.165) is 38.9 Å². The van der Waals surface area contributed by atoms with Crippen LogP contribution in [0.4, 0.5) is 11.5 Å². The van der Waals surface area contributed by atoms with Crippen LogP contribution in [0.15, 0.2) is 67.3 Å². The Labute approximate surface area is 167 Å². The van der Waals surface area contributed by atoms with Gasteiger partial charge in [-0.15, -0.1) is 0 Å². The highest BCUT2D eigenvalue weighted by Gasteiger charge is 2.12. The van der Waals surface area contributed by atoms with Crippen molar-refractivity contribution in [2.24, 2.45) is 7.05 Å². The summed E-state index contributed by atoms with van der Waals surface area (Å²) < 4.78 is 7.39. The standard InChI is InChI=1S/C22H18N6O/c1-28-13-24-19-10-15(5-8-20(19)28)25-22-17-11-16(29-2)6-7-18(17)26-21(27-22)14-4-3-9-23-12-14/h3-13H,1-2H3,(H,25,26,27). The predicted molar refractivity (Wildman–Crippen MR) is 113 cm³/mol. The van der Waals surface area contributed by atoms with Crippen LogP contribution in [-0.2, 0) is 7.05 Å². The Kier molecular flexibility index (Phi) is 4.05. The Morgan fingerprint density at radius 2 is 1.93 bits per heavy atom.